The van der Waals surface area contributed by atoms with Gasteiger partial charge in [-0.3, -0.25) is 9.79 Å². The van der Waals surface area contributed by atoms with E-state index in [1.165, 1.54) is 16.0 Å². The van der Waals surface area contributed by atoms with Crippen molar-refractivity contribution in [2.24, 2.45) is 4.99 Å². The first-order valence-electron chi connectivity index (χ1n) is 8.74. The summed E-state index contributed by atoms with van der Waals surface area (Å²) in [6, 6.07) is 10.4. The molecule has 0 unspecified atom stereocenters. The molecule has 0 atom stereocenters. The van der Waals surface area contributed by atoms with Gasteiger partial charge in [0.1, 0.15) is 0 Å². The Morgan fingerprint density at radius 1 is 1.22 bits per heavy atom. The first-order chi connectivity index (χ1) is 12.7. The molecule has 1 aliphatic rings. The van der Waals surface area contributed by atoms with E-state index >= 15 is 0 Å². The summed E-state index contributed by atoms with van der Waals surface area (Å²) in [6.45, 7) is 5.58. The minimum atomic E-state index is 0. The Hall–Kier alpha value is -1.81. The normalized spacial score (nSPS) is 14.4. The molecule has 3 rings (SSSR count). The van der Waals surface area contributed by atoms with Crippen molar-refractivity contribution in [3.05, 3.63) is 51.7 Å². The summed E-state index contributed by atoms with van der Waals surface area (Å²) in [6.07, 6.45) is 0. The van der Waals surface area contributed by atoms with Crippen LogP contribution in [-0.4, -0.2) is 38.5 Å². The van der Waals surface area contributed by atoms with Crippen LogP contribution < -0.4 is 20.9 Å². The van der Waals surface area contributed by atoms with Crippen LogP contribution >= 0.6 is 35.3 Å². The Morgan fingerprint density at radius 2 is 1.96 bits per heavy atom. The van der Waals surface area contributed by atoms with Gasteiger partial charge >= 0.3 is 0 Å². The molecule has 2 heterocycles. The lowest BCUT2D eigenvalue weighted by Gasteiger charge is -2.28. The van der Waals surface area contributed by atoms with Crippen molar-refractivity contribution in [1.82, 2.24) is 16.0 Å². The second-order valence-electron chi connectivity index (χ2n) is 6.24. The van der Waals surface area contributed by atoms with E-state index in [9.17, 15) is 4.79 Å². The number of rotatable bonds is 5. The molecule has 2 aromatic rings. The van der Waals surface area contributed by atoms with Crippen LogP contribution in [-0.2, 0) is 17.9 Å². The highest BCUT2D eigenvalue weighted by atomic mass is 127. The van der Waals surface area contributed by atoms with Crippen molar-refractivity contribution < 1.29 is 4.79 Å². The lowest BCUT2D eigenvalue weighted by atomic mass is 10.2. The third-order valence-corrected chi connectivity index (χ3v) is 5.43. The highest BCUT2D eigenvalue weighted by molar-refractivity contribution is 14.0. The number of carbonyl (C=O) groups is 1. The average molecular weight is 499 g/mol. The number of anilines is 1. The number of aryl methyl sites for hydroxylation is 1. The van der Waals surface area contributed by atoms with Crippen LogP contribution in [0, 0.1) is 6.92 Å². The molecule has 0 spiro atoms. The summed E-state index contributed by atoms with van der Waals surface area (Å²) >= 11 is 1.75. The van der Waals surface area contributed by atoms with E-state index in [1.54, 1.807) is 18.4 Å². The second kappa shape index (κ2) is 10.5. The Bertz CT molecular complexity index is 775. The summed E-state index contributed by atoms with van der Waals surface area (Å²) in [5.74, 6) is 0.868. The van der Waals surface area contributed by atoms with Crippen molar-refractivity contribution in [3.63, 3.8) is 0 Å². The van der Waals surface area contributed by atoms with Gasteiger partial charge in [0.05, 0.1) is 13.1 Å². The number of thiophene rings is 1. The first-order valence-corrected chi connectivity index (χ1v) is 9.62. The molecular weight excluding hydrogens is 473 g/mol. The molecule has 1 aromatic carbocycles. The Labute approximate surface area is 181 Å². The number of carbonyl (C=O) groups excluding carboxylic acids is 1. The first kappa shape index (κ1) is 21.5. The summed E-state index contributed by atoms with van der Waals surface area (Å²) in [5, 5.41) is 11.6. The maximum Gasteiger partial charge on any atom is 0.239 e. The minimum Gasteiger partial charge on any atom is -0.360 e. The number of nitrogens with zero attached hydrogens (tertiary/aromatic N) is 2. The Morgan fingerprint density at radius 3 is 2.59 bits per heavy atom. The van der Waals surface area contributed by atoms with Crippen LogP contribution in [0.25, 0.3) is 0 Å². The molecule has 1 saturated heterocycles. The van der Waals surface area contributed by atoms with Gasteiger partial charge in [-0.2, -0.15) is 0 Å². The van der Waals surface area contributed by atoms with E-state index in [1.807, 2.05) is 0 Å². The fourth-order valence-electron chi connectivity index (χ4n) is 2.84. The van der Waals surface area contributed by atoms with Gasteiger partial charge in [0.25, 0.3) is 0 Å². The van der Waals surface area contributed by atoms with Crippen molar-refractivity contribution in [3.8, 4) is 0 Å². The highest BCUT2D eigenvalue weighted by Crippen LogP contribution is 2.16. The number of halogens is 1. The molecule has 6 nitrogen and oxygen atoms in total. The second-order valence-corrected chi connectivity index (χ2v) is 7.24. The van der Waals surface area contributed by atoms with Gasteiger partial charge < -0.3 is 20.9 Å². The number of guanidine groups is 1. The van der Waals surface area contributed by atoms with Gasteiger partial charge in [-0.05, 0) is 41.6 Å². The van der Waals surface area contributed by atoms with E-state index in [4.69, 9.17) is 0 Å². The molecule has 1 aromatic heterocycles. The zero-order valence-corrected chi connectivity index (χ0v) is 18.8. The van der Waals surface area contributed by atoms with Crippen LogP contribution in [0.1, 0.15) is 16.0 Å². The van der Waals surface area contributed by atoms with Crippen LogP contribution in [0.15, 0.2) is 40.7 Å². The lowest BCUT2D eigenvalue weighted by molar-refractivity contribution is -0.120. The number of aliphatic imine (C=N–C) groups is 1. The monoisotopic (exact) mass is 499 g/mol. The molecule has 0 radical (unpaired) electrons. The zero-order chi connectivity index (χ0) is 18.4. The topological polar surface area (TPSA) is 68.8 Å². The van der Waals surface area contributed by atoms with Crippen LogP contribution in [0.5, 0.6) is 0 Å². The molecule has 146 valence electrons. The van der Waals surface area contributed by atoms with E-state index in [0.29, 0.717) is 19.6 Å². The van der Waals surface area contributed by atoms with Crippen molar-refractivity contribution in [2.45, 2.75) is 20.0 Å². The van der Waals surface area contributed by atoms with Crippen LogP contribution in [0.2, 0.25) is 0 Å². The third-order valence-electron chi connectivity index (χ3n) is 4.41. The molecule has 0 bridgehead atoms. The summed E-state index contributed by atoms with van der Waals surface area (Å²) in [4.78, 5) is 19.2. The number of benzene rings is 1. The van der Waals surface area contributed by atoms with Crippen molar-refractivity contribution in [2.75, 3.05) is 31.6 Å². The van der Waals surface area contributed by atoms with Gasteiger partial charge in [-0.25, -0.2) is 0 Å². The zero-order valence-electron chi connectivity index (χ0n) is 15.6. The SMILES string of the molecule is CN=C(NCc1ccc(N2CCNC(=O)C2)cc1)NCc1sccc1C.I. The molecule has 27 heavy (non-hydrogen) atoms. The van der Waals surface area contributed by atoms with Gasteiger partial charge in [0.2, 0.25) is 5.91 Å². The molecule has 0 aliphatic carbocycles. The molecule has 8 heteroatoms. The molecule has 1 aliphatic heterocycles. The predicted octanol–water partition coefficient (Wildman–Crippen LogP) is 2.48. The lowest BCUT2D eigenvalue weighted by Crippen LogP contribution is -2.47. The molecule has 0 saturated carbocycles. The van der Waals surface area contributed by atoms with Gasteiger partial charge in [0.15, 0.2) is 5.96 Å². The van der Waals surface area contributed by atoms with Gasteiger partial charge in [-0.15, -0.1) is 35.3 Å². The largest absolute Gasteiger partial charge is 0.360 e. The third kappa shape index (κ3) is 6.10. The van der Waals surface area contributed by atoms with Gasteiger partial charge in [-0.1, -0.05) is 12.1 Å². The summed E-state index contributed by atoms with van der Waals surface area (Å²) < 4.78 is 0. The minimum absolute atomic E-state index is 0. The number of amides is 1. The quantitative estimate of drug-likeness (QED) is 0.336. The maximum atomic E-state index is 11.5. The van der Waals surface area contributed by atoms with E-state index in [2.05, 4.69) is 68.5 Å². The number of hydrogen-bond acceptors (Lipinski definition) is 4. The van der Waals surface area contributed by atoms with Crippen molar-refractivity contribution >= 4 is 52.9 Å². The van der Waals surface area contributed by atoms with Crippen molar-refractivity contribution in [1.29, 1.82) is 0 Å². The average Bonchev–Trinajstić information content (AvgIpc) is 3.07. The number of piperazine rings is 1. The predicted molar refractivity (Wildman–Crippen MR) is 123 cm³/mol. The fourth-order valence-corrected chi connectivity index (χ4v) is 3.69. The summed E-state index contributed by atoms with van der Waals surface area (Å²) in [5.41, 5.74) is 3.56. The van der Waals surface area contributed by atoms with E-state index in [0.717, 1.165) is 24.7 Å². The number of hydrogen-bond donors (Lipinski definition) is 3. The molecule has 1 fully saturated rings. The highest BCUT2D eigenvalue weighted by Gasteiger charge is 2.16. The molecular formula is C19H26IN5OS. The van der Waals surface area contributed by atoms with E-state index < -0.39 is 0 Å². The maximum absolute atomic E-state index is 11.5. The van der Waals surface area contributed by atoms with Gasteiger partial charge in [0, 0.05) is 37.2 Å². The van der Waals surface area contributed by atoms with Crippen LogP contribution in [0.4, 0.5) is 5.69 Å². The Balaban J connectivity index is 0.00000261. The van der Waals surface area contributed by atoms with E-state index in [-0.39, 0.29) is 29.9 Å². The molecule has 3 N–H and O–H groups in total. The number of nitrogens with one attached hydrogen (secondary N) is 3. The smallest absolute Gasteiger partial charge is 0.239 e. The fraction of sp³-hybridized carbons (Fsp3) is 0.368. The Kier molecular flexibility index (Phi) is 8.36. The standard InChI is InChI=1S/C19H25N5OS.HI/c1-14-7-10-26-17(14)12-23-19(20-2)22-11-15-3-5-16(6-4-15)24-9-8-21-18(25)13-24;/h3-7,10H,8-9,11-13H2,1-2H3,(H,21,25)(H2,20,22,23);1H. The van der Waals surface area contributed by atoms with Crippen LogP contribution in [0.3, 0.4) is 0 Å². The summed E-state index contributed by atoms with van der Waals surface area (Å²) in [7, 11) is 1.78. The molecule has 1 amide bonds.